The maximum Gasteiger partial charge on any atom is 0.328 e. The molecule has 1 N–H and O–H groups in total. The third-order valence-corrected chi connectivity index (χ3v) is 4.82. The number of carbonyl (C=O) groups is 1. The van der Waals surface area contributed by atoms with E-state index in [1.54, 1.807) is 18.2 Å². The summed E-state index contributed by atoms with van der Waals surface area (Å²) in [6.45, 7) is 4.77. The largest absolute Gasteiger partial charge is 0.478 e. The predicted molar refractivity (Wildman–Crippen MR) is 105 cm³/mol. The van der Waals surface area contributed by atoms with Gasteiger partial charge in [-0.1, -0.05) is 13.8 Å². The minimum absolute atomic E-state index is 0.138. The van der Waals surface area contributed by atoms with Crippen LogP contribution in [0.4, 0.5) is 4.39 Å². The summed E-state index contributed by atoms with van der Waals surface area (Å²) in [5.74, 6) is -1.14. The number of benzene rings is 2. The topological polar surface area (TPSA) is 54.6 Å². The van der Waals surface area contributed by atoms with Crippen molar-refractivity contribution in [1.82, 2.24) is 4.57 Å². The Morgan fingerprint density at radius 3 is 2.67 bits per heavy atom. The van der Waals surface area contributed by atoms with Gasteiger partial charge in [0.05, 0.1) is 12.1 Å². The molecule has 5 heteroatoms. The van der Waals surface area contributed by atoms with Crippen molar-refractivity contribution >= 4 is 29.2 Å². The molecule has 0 saturated carbocycles. The Balaban J connectivity index is 2.10. The molecular weight excluding hydrogens is 343 g/mol. The Hall–Kier alpha value is -3.21. The average Bonchev–Trinajstić information content (AvgIpc) is 3.20. The average molecular weight is 362 g/mol. The normalized spacial score (nSPS) is 13.2. The third kappa shape index (κ3) is 2.95. The van der Waals surface area contributed by atoms with Gasteiger partial charge < -0.3 is 9.67 Å². The summed E-state index contributed by atoms with van der Waals surface area (Å²) in [4.78, 5) is 15.5. The van der Waals surface area contributed by atoms with Gasteiger partial charge in [0.15, 0.2) is 0 Å². The van der Waals surface area contributed by atoms with Crippen LogP contribution in [0.25, 0.3) is 22.7 Å². The smallest absolute Gasteiger partial charge is 0.328 e. The summed E-state index contributed by atoms with van der Waals surface area (Å²) in [6, 6.07) is 10.5. The van der Waals surface area contributed by atoms with Crippen LogP contribution in [0.2, 0.25) is 0 Å². The zero-order valence-corrected chi connectivity index (χ0v) is 15.1. The number of hydrogen-bond donors (Lipinski definition) is 1. The van der Waals surface area contributed by atoms with E-state index in [0.29, 0.717) is 6.54 Å². The Bertz CT molecular complexity index is 1110. The monoisotopic (exact) mass is 362 g/mol. The van der Waals surface area contributed by atoms with Crippen molar-refractivity contribution < 1.29 is 14.3 Å². The highest BCUT2D eigenvalue weighted by Crippen LogP contribution is 2.37. The van der Waals surface area contributed by atoms with Crippen molar-refractivity contribution in [2.75, 3.05) is 0 Å². The molecule has 1 aliphatic rings. The Morgan fingerprint density at radius 1 is 1.26 bits per heavy atom. The lowest BCUT2D eigenvalue weighted by atomic mass is 10.0. The molecule has 0 aliphatic carbocycles. The van der Waals surface area contributed by atoms with E-state index >= 15 is 0 Å². The molecule has 0 radical (unpaired) electrons. The molecule has 0 saturated heterocycles. The molecule has 0 atom stereocenters. The summed E-state index contributed by atoms with van der Waals surface area (Å²) < 4.78 is 15.6. The Labute approximate surface area is 156 Å². The molecule has 0 unspecified atom stereocenters. The number of nitrogens with zero attached hydrogens (tertiary/aromatic N) is 2. The van der Waals surface area contributed by atoms with Gasteiger partial charge in [0.25, 0.3) is 0 Å². The minimum atomic E-state index is -0.989. The van der Waals surface area contributed by atoms with Crippen LogP contribution < -0.4 is 0 Å². The summed E-state index contributed by atoms with van der Waals surface area (Å²) in [5, 5.41) is 10.1. The summed E-state index contributed by atoms with van der Waals surface area (Å²) >= 11 is 0. The van der Waals surface area contributed by atoms with Crippen molar-refractivity contribution in [2.24, 2.45) is 4.99 Å². The number of fused-ring (bicyclic) bond motifs is 2. The lowest BCUT2D eigenvalue weighted by molar-refractivity contribution is -0.131. The highest BCUT2D eigenvalue weighted by Gasteiger charge is 2.21. The molecule has 1 aromatic heterocycles. The summed E-state index contributed by atoms with van der Waals surface area (Å²) in [7, 11) is 0. The molecule has 0 fully saturated rings. The lowest BCUT2D eigenvalue weighted by Crippen LogP contribution is -2.03. The first kappa shape index (κ1) is 17.2. The zero-order chi connectivity index (χ0) is 19.1. The van der Waals surface area contributed by atoms with Gasteiger partial charge in [-0.05, 0) is 59.5 Å². The van der Waals surface area contributed by atoms with Crippen molar-refractivity contribution in [2.45, 2.75) is 26.3 Å². The molecule has 3 aromatic rings. The number of carboxylic acid groups (broad SMARTS) is 1. The molecule has 0 amide bonds. The molecule has 0 spiro atoms. The van der Waals surface area contributed by atoms with Crippen LogP contribution in [0, 0.1) is 5.82 Å². The first-order valence-electron chi connectivity index (χ1n) is 8.83. The van der Waals surface area contributed by atoms with Crippen molar-refractivity contribution in [3.05, 3.63) is 70.7 Å². The van der Waals surface area contributed by atoms with E-state index in [-0.39, 0.29) is 11.7 Å². The second-order valence-corrected chi connectivity index (χ2v) is 6.97. The fourth-order valence-corrected chi connectivity index (χ4v) is 3.70. The Morgan fingerprint density at radius 2 is 2.00 bits per heavy atom. The highest BCUT2D eigenvalue weighted by atomic mass is 19.1. The van der Waals surface area contributed by atoms with E-state index < -0.39 is 5.97 Å². The van der Waals surface area contributed by atoms with Crippen LogP contribution in [-0.2, 0) is 11.3 Å². The first-order valence-corrected chi connectivity index (χ1v) is 8.83. The molecule has 0 bridgehead atoms. The second kappa shape index (κ2) is 6.50. The maximum absolute atomic E-state index is 13.5. The van der Waals surface area contributed by atoms with Crippen LogP contribution in [0.3, 0.4) is 0 Å². The molecule has 136 valence electrons. The van der Waals surface area contributed by atoms with Gasteiger partial charge >= 0.3 is 5.97 Å². The van der Waals surface area contributed by atoms with Crippen LogP contribution in [0.1, 0.15) is 42.1 Å². The van der Waals surface area contributed by atoms with Crippen LogP contribution in [0.15, 0.2) is 47.5 Å². The number of halogens is 1. The zero-order valence-electron chi connectivity index (χ0n) is 15.1. The molecule has 2 aromatic carbocycles. The maximum atomic E-state index is 13.5. The predicted octanol–water partition coefficient (Wildman–Crippen LogP) is 4.92. The number of aliphatic carboxylic acids is 1. The lowest BCUT2D eigenvalue weighted by Gasteiger charge is -2.15. The molecular formula is C22H19FN2O2. The van der Waals surface area contributed by atoms with E-state index in [1.807, 2.05) is 6.21 Å². The van der Waals surface area contributed by atoms with Crippen LogP contribution in [-0.4, -0.2) is 21.9 Å². The minimum Gasteiger partial charge on any atom is -0.478 e. The SMILES string of the molecule is CC(C)c1c(/C=C/C(=O)O)c2cc3c(cc2n1-c1ccc(F)cc1)C=NC3. The number of rotatable bonds is 4. The van der Waals surface area contributed by atoms with E-state index in [1.165, 1.54) is 18.2 Å². The first-order chi connectivity index (χ1) is 13.0. The number of carboxylic acids is 1. The quantitative estimate of drug-likeness (QED) is 0.670. The summed E-state index contributed by atoms with van der Waals surface area (Å²) in [5.41, 5.74) is 5.86. The van der Waals surface area contributed by atoms with Gasteiger partial charge in [-0.15, -0.1) is 0 Å². The van der Waals surface area contributed by atoms with E-state index in [2.05, 4.69) is 35.5 Å². The van der Waals surface area contributed by atoms with Gasteiger partial charge in [-0.25, -0.2) is 9.18 Å². The van der Waals surface area contributed by atoms with Crippen molar-refractivity contribution in [1.29, 1.82) is 0 Å². The molecule has 27 heavy (non-hydrogen) atoms. The van der Waals surface area contributed by atoms with Gasteiger partial charge in [0.2, 0.25) is 0 Å². The number of aliphatic imine (C=N–C) groups is 1. The third-order valence-electron chi connectivity index (χ3n) is 4.82. The van der Waals surface area contributed by atoms with Gasteiger partial charge in [0.1, 0.15) is 5.82 Å². The fourth-order valence-electron chi connectivity index (χ4n) is 3.70. The van der Waals surface area contributed by atoms with Crippen molar-refractivity contribution in [3.63, 3.8) is 0 Å². The molecule has 4 rings (SSSR count). The van der Waals surface area contributed by atoms with Gasteiger partial charge in [-0.3, -0.25) is 4.99 Å². The second-order valence-electron chi connectivity index (χ2n) is 6.97. The molecule has 2 heterocycles. The molecule has 1 aliphatic heterocycles. The summed E-state index contributed by atoms with van der Waals surface area (Å²) in [6.07, 6.45) is 4.68. The van der Waals surface area contributed by atoms with Crippen LogP contribution >= 0.6 is 0 Å². The molecule has 4 nitrogen and oxygen atoms in total. The standard InChI is InChI=1S/C22H19FN2O2/c1-13(2)22-18(7-8-21(26)27)19-9-14-11-24-12-15(14)10-20(19)25(22)17-5-3-16(23)4-6-17/h3-10,12-13H,11H2,1-2H3,(H,26,27)/b8-7+. The van der Waals surface area contributed by atoms with Crippen LogP contribution in [0.5, 0.6) is 0 Å². The number of hydrogen-bond acceptors (Lipinski definition) is 2. The fraction of sp³-hybridized carbons (Fsp3) is 0.182. The van der Waals surface area contributed by atoms with E-state index in [9.17, 15) is 9.18 Å². The van der Waals surface area contributed by atoms with Gasteiger partial charge in [-0.2, -0.15) is 0 Å². The van der Waals surface area contributed by atoms with E-state index in [0.717, 1.165) is 39.0 Å². The number of aromatic nitrogens is 1. The van der Waals surface area contributed by atoms with Crippen molar-refractivity contribution in [3.8, 4) is 5.69 Å². The van der Waals surface area contributed by atoms with Gasteiger partial charge in [0, 0.05) is 34.6 Å². The van der Waals surface area contributed by atoms with E-state index in [4.69, 9.17) is 5.11 Å². The Kier molecular flexibility index (Phi) is 4.15. The highest BCUT2D eigenvalue weighted by molar-refractivity contribution is 6.00.